The van der Waals surface area contributed by atoms with E-state index in [1.807, 2.05) is 54.4 Å². The molecule has 0 aliphatic carbocycles. The number of amides is 1. The van der Waals surface area contributed by atoms with E-state index in [1.54, 1.807) is 0 Å². The number of fused-ring (bicyclic) bond motifs is 1. The fraction of sp³-hybridized carbons (Fsp3) is 0.222. The summed E-state index contributed by atoms with van der Waals surface area (Å²) in [7, 11) is 2.03. The number of anilines is 1. The van der Waals surface area contributed by atoms with Gasteiger partial charge in [0.2, 0.25) is 5.91 Å². The van der Waals surface area contributed by atoms with Crippen molar-refractivity contribution >= 4 is 38.6 Å². The van der Waals surface area contributed by atoms with E-state index in [2.05, 4.69) is 26.6 Å². The number of aromatic nitrogens is 2. The molecular formula is C18H16BrN3O. The molecule has 116 valence electrons. The molecular weight excluding hydrogens is 354 g/mol. The molecule has 0 unspecified atom stereocenters. The standard InChI is InChI=1S/C18H16BrN3O/c1-21-16-5-3-2-4-15(16)20-18(21)12-10-17(23)22(11-12)14-8-6-13(19)7-9-14/h2-9,12H,10-11H2,1H3/t12-/m1/s1. The largest absolute Gasteiger partial charge is 0.331 e. The van der Waals surface area contributed by atoms with Crippen LogP contribution in [0.4, 0.5) is 5.69 Å². The van der Waals surface area contributed by atoms with Crippen LogP contribution in [0.3, 0.4) is 0 Å². The van der Waals surface area contributed by atoms with Gasteiger partial charge in [-0.15, -0.1) is 0 Å². The summed E-state index contributed by atoms with van der Waals surface area (Å²) >= 11 is 3.43. The summed E-state index contributed by atoms with van der Waals surface area (Å²) in [5, 5.41) is 0. The number of carbonyl (C=O) groups excluding carboxylic acids is 1. The highest BCUT2D eigenvalue weighted by atomic mass is 79.9. The van der Waals surface area contributed by atoms with Crippen LogP contribution < -0.4 is 4.90 Å². The normalized spacial score (nSPS) is 18.1. The van der Waals surface area contributed by atoms with Crippen molar-refractivity contribution in [2.75, 3.05) is 11.4 Å². The Balaban J connectivity index is 1.67. The van der Waals surface area contributed by atoms with Crippen molar-refractivity contribution in [3.05, 3.63) is 58.8 Å². The van der Waals surface area contributed by atoms with Gasteiger partial charge in [0, 0.05) is 36.1 Å². The van der Waals surface area contributed by atoms with E-state index in [0.29, 0.717) is 13.0 Å². The third-order valence-electron chi connectivity index (χ3n) is 4.45. The molecule has 1 aliphatic rings. The van der Waals surface area contributed by atoms with Gasteiger partial charge in [-0.1, -0.05) is 28.1 Å². The Labute approximate surface area is 142 Å². The third-order valence-corrected chi connectivity index (χ3v) is 4.98. The SMILES string of the molecule is Cn1c([C@@H]2CC(=O)N(c3ccc(Br)cc3)C2)nc2ccccc21. The maximum absolute atomic E-state index is 12.4. The highest BCUT2D eigenvalue weighted by molar-refractivity contribution is 9.10. The van der Waals surface area contributed by atoms with Crippen LogP contribution in [0.15, 0.2) is 53.0 Å². The van der Waals surface area contributed by atoms with E-state index >= 15 is 0 Å². The van der Waals surface area contributed by atoms with Crippen LogP contribution in [0, 0.1) is 0 Å². The topological polar surface area (TPSA) is 38.1 Å². The van der Waals surface area contributed by atoms with Crippen molar-refractivity contribution in [3.63, 3.8) is 0 Å². The molecule has 4 rings (SSSR count). The lowest BCUT2D eigenvalue weighted by molar-refractivity contribution is -0.117. The maximum Gasteiger partial charge on any atom is 0.227 e. The molecule has 1 aliphatic heterocycles. The van der Waals surface area contributed by atoms with Gasteiger partial charge in [-0.2, -0.15) is 0 Å². The zero-order valence-electron chi connectivity index (χ0n) is 12.7. The molecule has 1 amide bonds. The van der Waals surface area contributed by atoms with Crippen molar-refractivity contribution < 1.29 is 4.79 Å². The average Bonchev–Trinajstić information content (AvgIpc) is 3.09. The Morgan fingerprint density at radius 1 is 1.13 bits per heavy atom. The highest BCUT2D eigenvalue weighted by Gasteiger charge is 2.34. The zero-order valence-corrected chi connectivity index (χ0v) is 14.3. The molecule has 1 aromatic heterocycles. The number of hydrogen-bond donors (Lipinski definition) is 0. The highest BCUT2D eigenvalue weighted by Crippen LogP contribution is 2.33. The minimum absolute atomic E-state index is 0.128. The van der Waals surface area contributed by atoms with Gasteiger partial charge in [0.05, 0.1) is 11.0 Å². The molecule has 0 bridgehead atoms. The van der Waals surface area contributed by atoms with Crippen LogP contribution >= 0.6 is 15.9 Å². The predicted molar refractivity (Wildman–Crippen MR) is 94.6 cm³/mol. The van der Waals surface area contributed by atoms with E-state index in [-0.39, 0.29) is 11.8 Å². The number of rotatable bonds is 2. The number of para-hydroxylation sites is 2. The minimum atomic E-state index is 0.128. The third kappa shape index (κ3) is 2.45. The Bertz CT molecular complexity index is 885. The lowest BCUT2D eigenvalue weighted by Gasteiger charge is -2.16. The number of hydrogen-bond acceptors (Lipinski definition) is 2. The number of halogens is 1. The van der Waals surface area contributed by atoms with Gasteiger partial charge in [0.15, 0.2) is 0 Å². The van der Waals surface area contributed by atoms with Crippen molar-refractivity contribution in [1.82, 2.24) is 9.55 Å². The van der Waals surface area contributed by atoms with Crippen LogP contribution in [-0.2, 0) is 11.8 Å². The fourth-order valence-electron chi connectivity index (χ4n) is 3.28. The molecule has 23 heavy (non-hydrogen) atoms. The molecule has 2 heterocycles. The summed E-state index contributed by atoms with van der Waals surface area (Å²) in [6, 6.07) is 16.0. The second kappa shape index (κ2) is 5.49. The van der Waals surface area contributed by atoms with Crippen molar-refractivity contribution in [1.29, 1.82) is 0 Å². The van der Waals surface area contributed by atoms with E-state index < -0.39 is 0 Å². The number of carbonyl (C=O) groups is 1. The molecule has 0 saturated carbocycles. The summed E-state index contributed by atoms with van der Waals surface area (Å²) in [4.78, 5) is 19.1. The number of imidazole rings is 1. The average molecular weight is 370 g/mol. The quantitative estimate of drug-likeness (QED) is 0.687. The lowest BCUT2D eigenvalue weighted by atomic mass is 10.1. The van der Waals surface area contributed by atoms with Crippen molar-refractivity contribution in [2.24, 2.45) is 7.05 Å². The Morgan fingerprint density at radius 3 is 2.61 bits per heavy atom. The second-order valence-corrected chi connectivity index (χ2v) is 6.82. The molecule has 0 radical (unpaired) electrons. The number of nitrogens with zero attached hydrogens (tertiary/aromatic N) is 3. The smallest absolute Gasteiger partial charge is 0.227 e. The van der Waals surface area contributed by atoms with Gasteiger partial charge < -0.3 is 9.47 Å². The fourth-order valence-corrected chi connectivity index (χ4v) is 3.54. The first kappa shape index (κ1) is 14.5. The second-order valence-electron chi connectivity index (χ2n) is 5.90. The first-order valence-corrected chi connectivity index (χ1v) is 8.40. The molecule has 2 aromatic carbocycles. The Morgan fingerprint density at radius 2 is 1.87 bits per heavy atom. The molecule has 1 atom stereocenters. The Kier molecular flexibility index (Phi) is 3.45. The maximum atomic E-state index is 12.4. The molecule has 3 aromatic rings. The van der Waals surface area contributed by atoms with E-state index in [9.17, 15) is 4.79 Å². The molecule has 0 N–H and O–H groups in total. The van der Waals surface area contributed by atoms with Gasteiger partial charge in [-0.25, -0.2) is 4.98 Å². The van der Waals surface area contributed by atoms with Crippen molar-refractivity contribution in [3.8, 4) is 0 Å². The van der Waals surface area contributed by atoms with Crippen LogP contribution in [0.1, 0.15) is 18.2 Å². The van der Waals surface area contributed by atoms with Gasteiger partial charge in [-0.3, -0.25) is 4.79 Å². The van der Waals surface area contributed by atoms with Gasteiger partial charge in [0.25, 0.3) is 0 Å². The van der Waals surface area contributed by atoms with E-state index in [0.717, 1.165) is 27.0 Å². The Hall–Kier alpha value is -2.14. The van der Waals surface area contributed by atoms with Crippen LogP contribution in [0.2, 0.25) is 0 Å². The molecule has 1 saturated heterocycles. The van der Waals surface area contributed by atoms with Gasteiger partial charge >= 0.3 is 0 Å². The monoisotopic (exact) mass is 369 g/mol. The minimum Gasteiger partial charge on any atom is -0.331 e. The van der Waals surface area contributed by atoms with Crippen LogP contribution in [0.25, 0.3) is 11.0 Å². The summed E-state index contributed by atoms with van der Waals surface area (Å²) in [6.45, 7) is 0.678. The number of aryl methyl sites for hydroxylation is 1. The first-order chi connectivity index (χ1) is 11.1. The molecule has 0 spiro atoms. The summed E-state index contributed by atoms with van der Waals surface area (Å²) < 4.78 is 3.12. The predicted octanol–water partition coefficient (Wildman–Crippen LogP) is 3.86. The van der Waals surface area contributed by atoms with Gasteiger partial charge in [-0.05, 0) is 36.4 Å². The van der Waals surface area contributed by atoms with E-state index in [1.165, 1.54) is 0 Å². The molecule has 5 heteroatoms. The zero-order chi connectivity index (χ0) is 16.0. The lowest BCUT2D eigenvalue weighted by Crippen LogP contribution is -2.24. The molecule has 4 nitrogen and oxygen atoms in total. The summed E-state index contributed by atoms with van der Waals surface area (Å²) in [6.07, 6.45) is 0.507. The summed E-state index contributed by atoms with van der Waals surface area (Å²) in [5.74, 6) is 1.27. The van der Waals surface area contributed by atoms with Crippen LogP contribution in [0.5, 0.6) is 0 Å². The summed E-state index contributed by atoms with van der Waals surface area (Å²) in [5.41, 5.74) is 3.04. The van der Waals surface area contributed by atoms with Crippen molar-refractivity contribution in [2.45, 2.75) is 12.3 Å². The van der Waals surface area contributed by atoms with Crippen LogP contribution in [-0.4, -0.2) is 22.0 Å². The molecule has 1 fully saturated rings. The number of benzene rings is 2. The van der Waals surface area contributed by atoms with Gasteiger partial charge in [0.1, 0.15) is 5.82 Å². The van der Waals surface area contributed by atoms with E-state index in [4.69, 9.17) is 4.98 Å². The first-order valence-electron chi connectivity index (χ1n) is 7.61.